The Morgan fingerprint density at radius 2 is 2.54 bits per heavy atom. The zero-order valence-corrected chi connectivity index (χ0v) is 7.61. The van der Waals surface area contributed by atoms with Crippen molar-refractivity contribution in [3.05, 3.63) is 24.2 Å². The molecule has 3 nitrogen and oxygen atoms in total. The van der Waals surface area contributed by atoms with Gasteiger partial charge in [0.05, 0.1) is 12.5 Å². The van der Waals surface area contributed by atoms with Crippen molar-refractivity contribution in [1.82, 2.24) is 0 Å². The third-order valence-electron chi connectivity index (χ3n) is 2.58. The lowest BCUT2D eigenvalue weighted by molar-refractivity contribution is 0.182. The molecule has 2 atom stereocenters. The maximum absolute atomic E-state index is 6.00. The largest absolute Gasteiger partial charge is 0.472 e. The molecule has 1 saturated heterocycles. The molecule has 1 aromatic rings. The van der Waals surface area contributed by atoms with Crippen molar-refractivity contribution in [2.45, 2.75) is 18.9 Å². The van der Waals surface area contributed by atoms with Crippen LogP contribution in [-0.4, -0.2) is 13.2 Å². The molecule has 72 valence electrons. The first-order valence-electron chi connectivity index (χ1n) is 4.71. The number of hydrogen-bond donors (Lipinski definition) is 1. The first-order valence-corrected chi connectivity index (χ1v) is 4.71. The molecule has 0 spiro atoms. The van der Waals surface area contributed by atoms with Gasteiger partial charge in [-0.3, -0.25) is 0 Å². The summed E-state index contributed by atoms with van der Waals surface area (Å²) in [5.41, 5.74) is 7.09. The lowest BCUT2D eigenvalue weighted by Crippen LogP contribution is -2.14. The van der Waals surface area contributed by atoms with Crippen LogP contribution in [0.25, 0.3) is 0 Å². The highest BCUT2D eigenvalue weighted by Gasteiger charge is 2.19. The van der Waals surface area contributed by atoms with Crippen LogP contribution in [0.2, 0.25) is 0 Å². The van der Waals surface area contributed by atoms with E-state index in [1.165, 1.54) is 0 Å². The number of nitrogens with two attached hydrogens (primary N) is 1. The van der Waals surface area contributed by atoms with Gasteiger partial charge >= 0.3 is 0 Å². The minimum atomic E-state index is 0.102. The molecule has 1 aliphatic heterocycles. The summed E-state index contributed by atoms with van der Waals surface area (Å²) in [4.78, 5) is 0. The predicted molar refractivity (Wildman–Crippen MR) is 49.2 cm³/mol. The predicted octanol–water partition coefficient (Wildman–Crippen LogP) is 1.71. The Labute approximate surface area is 77.9 Å². The van der Waals surface area contributed by atoms with Gasteiger partial charge in [0, 0.05) is 24.8 Å². The summed E-state index contributed by atoms with van der Waals surface area (Å²) in [5, 5.41) is 0. The summed E-state index contributed by atoms with van der Waals surface area (Å²) in [7, 11) is 0. The summed E-state index contributed by atoms with van der Waals surface area (Å²) in [6.07, 6.45) is 5.53. The van der Waals surface area contributed by atoms with Crippen LogP contribution >= 0.6 is 0 Å². The summed E-state index contributed by atoms with van der Waals surface area (Å²) in [6, 6.07) is 2.03. The molecule has 1 aliphatic rings. The Kier molecular flexibility index (Phi) is 2.66. The van der Waals surface area contributed by atoms with Crippen LogP contribution in [0.4, 0.5) is 0 Å². The van der Waals surface area contributed by atoms with Crippen LogP contribution < -0.4 is 5.73 Å². The van der Waals surface area contributed by atoms with Crippen molar-refractivity contribution >= 4 is 0 Å². The Bertz CT molecular complexity index is 239. The van der Waals surface area contributed by atoms with Crippen molar-refractivity contribution in [1.29, 1.82) is 0 Å². The third-order valence-corrected chi connectivity index (χ3v) is 2.58. The zero-order chi connectivity index (χ0) is 9.10. The average molecular weight is 181 g/mol. The topological polar surface area (TPSA) is 48.4 Å². The van der Waals surface area contributed by atoms with Crippen LogP contribution in [0.3, 0.4) is 0 Å². The molecule has 0 bridgehead atoms. The maximum Gasteiger partial charge on any atom is 0.0950 e. The first-order chi connectivity index (χ1) is 6.36. The van der Waals surface area contributed by atoms with Crippen molar-refractivity contribution < 1.29 is 9.15 Å². The molecule has 13 heavy (non-hydrogen) atoms. The van der Waals surface area contributed by atoms with Gasteiger partial charge in [0.1, 0.15) is 0 Å². The van der Waals surface area contributed by atoms with Crippen molar-refractivity contribution in [3.63, 3.8) is 0 Å². The molecule has 0 aromatic carbocycles. The molecule has 1 aromatic heterocycles. The summed E-state index contributed by atoms with van der Waals surface area (Å²) in [6.45, 7) is 1.76. The maximum atomic E-state index is 6.00. The first kappa shape index (κ1) is 8.78. The van der Waals surface area contributed by atoms with Crippen molar-refractivity contribution in [3.8, 4) is 0 Å². The van der Waals surface area contributed by atoms with Crippen LogP contribution in [0.5, 0.6) is 0 Å². The smallest absolute Gasteiger partial charge is 0.0950 e. The van der Waals surface area contributed by atoms with Crippen LogP contribution in [-0.2, 0) is 4.74 Å². The average Bonchev–Trinajstić information content (AvgIpc) is 2.74. The van der Waals surface area contributed by atoms with Gasteiger partial charge < -0.3 is 14.9 Å². The van der Waals surface area contributed by atoms with Crippen molar-refractivity contribution in [2.75, 3.05) is 13.2 Å². The van der Waals surface area contributed by atoms with Gasteiger partial charge in [-0.2, -0.15) is 0 Å². The van der Waals surface area contributed by atoms with Gasteiger partial charge in [-0.15, -0.1) is 0 Å². The van der Waals surface area contributed by atoms with Gasteiger partial charge in [-0.1, -0.05) is 0 Å². The van der Waals surface area contributed by atoms with E-state index >= 15 is 0 Å². The standard InChI is InChI=1S/C10H15NO2/c11-10(9-2-4-13-7-9)5-8-1-3-12-6-8/h2,4,7-8,10H,1,3,5-6,11H2. The fourth-order valence-corrected chi connectivity index (χ4v) is 1.75. The number of furan rings is 1. The van der Waals surface area contributed by atoms with E-state index < -0.39 is 0 Å². The summed E-state index contributed by atoms with van der Waals surface area (Å²) < 4.78 is 10.3. The molecule has 2 unspecified atom stereocenters. The van der Waals surface area contributed by atoms with Crippen molar-refractivity contribution in [2.24, 2.45) is 11.7 Å². The minimum Gasteiger partial charge on any atom is -0.472 e. The number of rotatable bonds is 3. The van der Waals surface area contributed by atoms with E-state index in [1.54, 1.807) is 12.5 Å². The number of ether oxygens (including phenoxy) is 1. The highest BCUT2D eigenvalue weighted by atomic mass is 16.5. The lowest BCUT2D eigenvalue weighted by atomic mass is 9.96. The SMILES string of the molecule is NC(CC1CCOC1)c1ccoc1. The Morgan fingerprint density at radius 1 is 1.62 bits per heavy atom. The Morgan fingerprint density at radius 3 is 3.15 bits per heavy atom. The molecule has 2 rings (SSSR count). The van der Waals surface area contributed by atoms with Gasteiger partial charge in [0.2, 0.25) is 0 Å². The van der Waals surface area contributed by atoms with E-state index in [2.05, 4.69) is 0 Å². The highest BCUT2D eigenvalue weighted by Crippen LogP contribution is 2.24. The fourth-order valence-electron chi connectivity index (χ4n) is 1.75. The zero-order valence-electron chi connectivity index (χ0n) is 7.61. The lowest BCUT2D eigenvalue weighted by Gasteiger charge is -2.13. The van der Waals surface area contributed by atoms with Crippen LogP contribution in [0.1, 0.15) is 24.4 Å². The van der Waals surface area contributed by atoms with E-state index in [0.29, 0.717) is 5.92 Å². The van der Waals surface area contributed by atoms with E-state index in [0.717, 1.165) is 31.6 Å². The minimum absolute atomic E-state index is 0.102. The van der Waals surface area contributed by atoms with Gasteiger partial charge in [-0.05, 0) is 24.8 Å². The molecule has 3 heteroatoms. The second-order valence-corrected chi connectivity index (χ2v) is 3.63. The molecule has 0 aliphatic carbocycles. The molecule has 1 fully saturated rings. The summed E-state index contributed by atoms with van der Waals surface area (Å²) in [5.74, 6) is 0.630. The summed E-state index contributed by atoms with van der Waals surface area (Å²) >= 11 is 0. The molecule has 0 saturated carbocycles. The quantitative estimate of drug-likeness (QED) is 0.772. The van der Waals surface area contributed by atoms with Gasteiger partial charge in [-0.25, -0.2) is 0 Å². The van der Waals surface area contributed by atoms with E-state index in [1.807, 2.05) is 6.07 Å². The fraction of sp³-hybridized carbons (Fsp3) is 0.600. The van der Waals surface area contributed by atoms with Gasteiger partial charge in [0.25, 0.3) is 0 Å². The molecule has 2 heterocycles. The van der Waals surface area contributed by atoms with E-state index in [-0.39, 0.29) is 6.04 Å². The highest BCUT2D eigenvalue weighted by molar-refractivity contribution is 5.10. The monoisotopic (exact) mass is 181 g/mol. The molecular weight excluding hydrogens is 166 g/mol. The molecule has 0 amide bonds. The number of hydrogen-bond acceptors (Lipinski definition) is 3. The van der Waals surface area contributed by atoms with E-state index in [4.69, 9.17) is 14.9 Å². The Hall–Kier alpha value is -0.800. The van der Waals surface area contributed by atoms with E-state index in [9.17, 15) is 0 Å². The third kappa shape index (κ3) is 2.11. The molecule has 2 N–H and O–H groups in total. The molecule has 0 radical (unpaired) electrons. The second kappa shape index (κ2) is 3.94. The van der Waals surface area contributed by atoms with Gasteiger partial charge in [0.15, 0.2) is 0 Å². The normalized spacial score (nSPS) is 24.8. The second-order valence-electron chi connectivity index (χ2n) is 3.63. The van der Waals surface area contributed by atoms with Crippen LogP contribution in [0, 0.1) is 5.92 Å². The molecular formula is C10H15NO2. The Balaban J connectivity index is 1.87. The van der Waals surface area contributed by atoms with Crippen LogP contribution in [0.15, 0.2) is 23.0 Å².